The van der Waals surface area contributed by atoms with Crippen molar-refractivity contribution in [3.8, 4) is 5.69 Å². The molecule has 0 aliphatic heterocycles. The number of hydrogen-bond donors (Lipinski definition) is 1. The number of carbonyl (C=O) groups excluding carboxylic acids is 1. The van der Waals surface area contributed by atoms with Gasteiger partial charge in [-0.05, 0) is 29.7 Å². The molecule has 7 heteroatoms. The van der Waals surface area contributed by atoms with E-state index >= 15 is 0 Å². The lowest BCUT2D eigenvalue weighted by Crippen LogP contribution is -2.16. The Labute approximate surface area is 156 Å². The van der Waals surface area contributed by atoms with Gasteiger partial charge in [0.1, 0.15) is 0 Å². The van der Waals surface area contributed by atoms with Gasteiger partial charge in [-0.25, -0.2) is 4.98 Å². The molecule has 2 aromatic carbocycles. The lowest BCUT2D eigenvalue weighted by molar-refractivity contribution is -0.386. The van der Waals surface area contributed by atoms with E-state index in [1.54, 1.807) is 43.0 Å². The number of hydrogen-bond acceptors (Lipinski definition) is 4. The summed E-state index contributed by atoms with van der Waals surface area (Å²) in [4.78, 5) is 27.6. The maximum Gasteiger partial charge on any atom is 0.273 e. The molecule has 0 saturated heterocycles. The first-order valence-corrected chi connectivity index (χ1v) is 8.44. The lowest BCUT2D eigenvalue weighted by atomic mass is 9.85. The minimum absolute atomic E-state index is 0.0534. The fourth-order valence-electron chi connectivity index (χ4n) is 2.82. The van der Waals surface area contributed by atoms with Gasteiger partial charge in [-0.2, -0.15) is 0 Å². The van der Waals surface area contributed by atoms with Crippen molar-refractivity contribution in [3.05, 3.63) is 82.4 Å². The van der Waals surface area contributed by atoms with Crippen LogP contribution >= 0.6 is 0 Å². The largest absolute Gasteiger partial charge is 0.322 e. The van der Waals surface area contributed by atoms with Crippen LogP contribution in [0.15, 0.2) is 61.2 Å². The minimum atomic E-state index is -0.447. The molecule has 3 rings (SSSR count). The molecule has 138 valence electrons. The molecule has 1 heterocycles. The average molecular weight is 364 g/mol. The molecule has 0 unspecified atom stereocenters. The van der Waals surface area contributed by atoms with Crippen LogP contribution in [0.25, 0.3) is 5.69 Å². The Kier molecular flexibility index (Phi) is 4.77. The van der Waals surface area contributed by atoms with Crippen molar-refractivity contribution in [2.45, 2.75) is 26.2 Å². The van der Waals surface area contributed by atoms with Crippen LogP contribution in [0.4, 0.5) is 11.4 Å². The maximum absolute atomic E-state index is 12.6. The summed E-state index contributed by atoms with van der Waals surface area (Å²) >= 11 is 0. The molecule has 1 amide bonds. The number of nitro groups is 1. The molecule has 1 aromatic heterocycles. The third-order valence-corrected chi connectivity index (χ3v) is 4.17. The van der Waals surface area contributed by atoms with Crippen molar-refractivity contribution in [1.29, 1.82) is 0 Å². The minimum Gasteiger partial charge on any atom is -0.322 e. The van der Waals surface area contributed by atoms with Crippen LogP contribution in [0, 0.1) is 10.1 Å². The second-order valence-electron chi connectivity index (χ2n) is 7.21. The number of carbonyl (C=O) groups is 1. The monoisotopic (exact) mass is 364 g/mol. The summed E-state index contributed by atoms with van der Waals surface area (Å²) in [5.41, 5.74) is 1.82. The Morgan fingerprint density at radius 2 is 1.96 bits per heavy atom. The Morgan fingerprint density at radius 3 is 2.59 bits per heavy atom. The molecule has 0 bridgehead atoms. The van der Waals surface area contributed by atoms with E-state index < -0.39 is 16.2 Å². The summed E-state index contributed by atoms with van der Waals surface area (Å²) in [7, 11) is 0. The number of nitrogens with one attached hydrogen (secondary N) is 1. The molecule has 1 N–H and O–H groups in total. The van der Waals surface area contributed by atoms with E-state index in [1.807, 2.05) is 37.5 Å². The Balaban J connectivity index is 1.88. The van der Waals surface area contributed by atoms with Gasteiger partial charge >= 0.3 is 0 Å². The van der Waals surface area contributed by atoms with E-state index in [1.165, 1.54) is 6.07 Å². The van der Waals surface area contributed by atoms with Crippen molar-refractivity contribution in [3.63, 3.8) is 0 Å². The maximum atomic E-state index is 12.6. The van der Waals surface area contributed by atoms with Gasteiger partial charge in [0.2, 0.25) is 0 Å². The molecule has 3 aromatic rings. The van der Waals surface area contributed by atoms with Crippen LogP contribution in [0.2, 0.25) is 0 Å². The van der Waals surface area contributed by atoms with Crippen LogP contribution < -0.4 is 5.32 Å². The van der Waals surface area contributed by atoms with Crippen LogP contribution in [0.5, 0.6) is 0 Å². The van der Waals surface area contributed by atoms with E-state index in [0.717, 1.165) is 5.69 Å². The SMILES string of the molecule is CC(C)(C)c1ccc(C(=O)Nc2cccc(-n3ccnc3)c2)cc1[N+](=O)[O-]. The van der Waals surface area contributed by atoms with Crippen LogP contribution in [-0.2, 0) is 5.41 Å². The van der Waals surface area contributed by atoms with Gasteiger partial charge in [-0.15, -0.1) is 0 Å². The summed E-state index contributed by atoms with van der Waals surface area (Å²) in [6.45, 7) is 5.70. The number of nitro benzene ring substituents is 1. The molecular weight excluding hydrogens is 344 g/mol. The number of nitrogens with zero attached hydrogens (tertiary/aromatic N) is 3. The molecule has 0 radical (unpaired) electrons. The average Bonchev–Trinajstić information content (AvgIpc) is 3.15. The molecule has 0 saturated carbocycles. The van der Waals surface area contributed by atoms with Crippen LogP contribution in [-0.4, -0.2) is 20.4 Å². The summed E-state index contributed by atoms with van der Waals surface area (Å²) in [5.74, 6) is -0.402. The predicted molar refractivity (Wildman–Crippen MR) is 103 cm³/mol. The first kappa shape index (κ1) is 18.3. The fourth-order valence-corrected chi connectivity index (χ4v) is 2.82. The van der Waals surface area contributed by atoms with E-state index in [-0.39, 0.29) is 11.3 Å². The first-order valence-electron chi connectivity index (χ1n) is 8.44. The van der Waals surface area contributed by atoms with Gasteiger partial charge in [0.25, 0.3) is 11.6 Å². The van der Waals surface area contributed by atoms with Crippen molar-refractivity contribution in [2.75, 3.05) is 5.32 Å². The van der Waals surface area contributed by atoms with E-state index in [9.17, 15) is 14.9 Å². The Bertz CT molecular complexity index is 989. The van der Waals surface area contributed by atoms with Gasteiger partial charge in [0, 0.05) is 41.0 Å². The molecule has 0 spiro atoms. The fraction of sp³-hybridized carbons (Fsp3) is 0.200. The zero-order valence-corrected chi connectivity index (χ0v) is 15.3. The number of imidazole rings is 1. The molecular formula is C20H20N4O3. The highest BCUT2D eigenvalue weighted by Crippen LogP contribution is 2.32. The van der Waals surface area contributed by atoms with E-state index in [4.69, 9.17) is 0 Å². The number of rotatable bonds is 4. The topological polar surface area (TPSA) is 90.1 Å². The molecule has 0 atom stereocenters. The quantitative estimate of drug-likeness (QED) is 0.551. The second-order valence-corrected chi connectivity index (χ2v) is 7.21. The highest BCUT2D eigenvalue weighted by molar-refractivity contribution is 6.04. The van der Waals surface area contributed by atoms with E-state index in [2.05, 4.69) is 10.3 Å². The molecule has 27 heavy (non-hydrogen) atoms. The molecule has 0 fully saturated rings. The summed E-state index contributed by atoms with van der Waals surface area (Å²) in [5, 5.41) is 14.2. The Hall–Kier alpha value is -3.48. The van der Waals surface area contributed by atoms with Gasteiger partial charge in [0.15, 0.2) is 0 Å². The van der Waals surface area contributed by atoms with Crippen molar-refractivity contribution in [1.82, 2.24) is 9.55 Å². The predicted octanol–water partition coefficient (Wildman–Crippen LogP) is 4.33. The van der Waals surface area contributed by atoms with Gasteiger partial charge in [0.05, 0.1) is 11.3 Å². The zero-order chi connectivity index (χ0) is 19.6. The van der Waals surface area contributed by atoms with Gasteiger partial charge in [-0.1, -0.05) is 32.9 Å². The number of amides is 1. The normalized spacial score (nSPS) is 11.2. The second kappa shape index (κ2) is 7.03. The number of aromatic nitrogens is 2. The van der Waals surface area contributed by atoms with Crippen molar-refractivity contribution < 1.29 is 9.72 Å². The molecule has 0 aliphatic carbocycles. The zero-order valence-electron chi connectivity index (χ0n) is 15.3. The standard InChI is InChI=1S/C20H20N4O3/c1-20(2,3)17-8-7-14(11-18(17)24(26)27)19(25)22-15-5-4-6-16(12-15)23-10-9-21-13-23/h4-13H,1-3H3,(H,22,25). The third-order valence-electron chi connectivity index (χ3n) is 4.17. The first-order chi connectivity index (χ1) is 12.8. The number of anilines is 1. The van der Waals surface area contributed by atoms with Gasteiger partial charge < -0.3 is 9.88 Å². The smallest absolute Gasteiger partial charge is 0.273 e. The van der Waals surface area contributed by atoms with Gasteiger partial charge in [-0.3, -0.25) is 14.9 Å². The van der Waals surface area contributed by atoms with Crippen molar-refractivity contribution >= 4 is 17.3 Å². The van der Waals surface area contributed by atoms with Crippen LogP contribution in [0.3, 0.4) is 0 Å². The molecule has 7 nitrogen and oxygen atoms in total. The lowest BCUT2D eigenvalue weighted by Gasteiger charge is -2.19. The highest BCUT2D eigenvalue weighted by atomic mass is 16.6. The number of benzene rings is 2. The Morgan fingerprint density at radius 1 is 1.19 bits per heavy atom. The summed E-state index contributed by atoms with van der Waals surface area (Å²) in [6.07, 6.45) is 5.13. The molecule has 0 aliphatic rings. The highest BCUT2D eigenvalue weighted by Gasteiger charge is 2.26. The third kappa shape index (κ3) is 4.03. The van der Waals surface area contributed by atoms with E-state index in [0.29, 0.717) is 11.3 Å². The summed E-state index contributed by atoms with van der Waals surface area (Å²) in [6, 6.07) is 11.9. The van der Waals surface area contributed by atoms with Crippen LogP contribution in [0.1, 0.15) is 36.7 Å². The summed E-state index contributed by atoms with van der Waals surface area (Å²) < 4.78 is 1.82. The van der Waals surface area contributed by atoms with Crippen molar-refractivity contribution in [2.24, 2.45) is 0 Å².